The number of aliphatic hydroxyl groups is 1. The Bertz CT molecular complexity index is 675. The van der Waals surface area contributed by atoms with Crippen molar-refractivity contribution in [1.82, 2.24) is 4.90 Å². The van der Waals surface area contributed by atoms with Crippen molar-refractivity contribution in [2.24, 2.45) is 5.73 Å². The lowest BCUT2D eigenvalue weighted by molar-refractivity contribution is -0.0296. The van der Waals surface area contributed by atoms with Gasteiger partial charge in [-0.1, -0.05) is 18.2 Å². The summed E-state index contributed by atoms with van der Waals surface area (Å²) < 4.78 is 5.61. The van der Waals surface area contributed by atoms with Crippen LogP contribution in [0.15, 0.2) is 41.8 Å². The summed E-state index contributed by atoms with van der Waals surface area (Å²) in [5.41, 5.74) is 6.93. The Hall–Kier alpha value is -1.73. The summed E-state index contributed by atoms with van der Waals surface area (Å²) in [5.74, 6) is -0.413. The van der Waals surface area contributed by atoms with Crippen molar-refractivity contribution in [2.75, 3.05) is 19.8 Å². The van der Waals surface area contributed by atoms with Gasteiger partial charge >= 0.3 is 0 Å². The number of primary amides is 1. The Morgan fingerprint density at radius 1 is 1.42 bits per heavy atom. The summed E-state index contributed by atoms with van der Waals surface area (Å²) in [6.45, 7) is 2.81. The van der Waals surface area contributed by atoms with E-state index >= 15 is 0 Å². The van der Waals surface area contributed by atoms with Crippen LogP contribution in [0.25, 0.3) is 0 Å². The zero-order valence-corrected chi connectivity index (χ0v) is 14.2. The molecule has 1 fully saturated rings. The first kappa shape index (κ1) is 17.1. The zero-order chi connectivity index (χ0) is 16.9. The van der Waals surface area contributed by atoms with Gasteiger partial charge in [0.2, 0.25) is 5.91 Å². The molecule has 1 amide bonds. The van der Waals surface area contributed by atoms with E-state index < -0.39 is 12.0 Å². The number of nitrogens with two attached hydrogens (primary N) is 1. The lowest BCUT2D eigenvalue weighted by Gasteiger charge is -2.36. The number of benzene rings is 1. The Morgan fingerprint density at radius 2 is 2.29 bits per heavy atom. The summed E-state index contributed by atoms with van der Waals surface area (Å²) >= 11 is 1.57. The van der Waals surface area contributed by atoms with E-state index in [4.69, 9.17) is 10.5 Å². The van der Waals surface area contributed by atoms with Gasteiger partial charge in [0.1, 0.15) is 0 Å². The maximum Gasteiger partial charge on any atom is 0.248 e. The molecule has 1 aliphatic heterocycles. The number of amides is 1. The molecule has 0 aliphatic carbocycles. The van der Waals surface area contributed by atoms with Crippen LogP contribution in [0.3, 0.4) is 0 Å². The molecule has 6 heteroatoms. The van der Waals surface area contributed by atoms with Crippen molar-refractivity contribution in [2.45, 2.75) is 25.1 Å². The second-order valence-corrected chi connectivity index (χ2v) is 7.01. The maximum absolute atomic E-state index is 11.3. The van der Waals surface area contributed by atoms with Gasteiger partial charge in [0.05, 0.1) is 19.3 Å². The molecule has 0 saturated carbocycles. The van der Waals surface area contributed by atoms with E-state index in [1.165, 1.54) is 0 Å². The number of hydrogen-bond donors (Lipinski definition) is 2. The Morgan fingerprint density at radius 3 is 3.04 bits per heavy atom. The summed E-state index contributed by atoms with van der Waals surface area (Å²) in [6.07, 6.45) is 0.159. The molecule has 0 radical (unpaired) electrons. The van der Waals surface area contributed by atoms with Gasteiger partial charge in [-0.2, -0.15) is 0 Å². The minimum absolute atomic E-state index is 0.146. The van der Waals surface area contributed by atoms with E-state index in [1.807, 2.05) is 35.7 Å². The predicted octanol–water partition coefficient (Wildman–Crippen LogP) is 2.17. The fraction of sp³-hybridized carbons (Fsp3) is 0.389. The molecule has 2 aromatic rings. The standard InChI is InChI=1S/C18H22N2O3S/c19-18(22)14-4-1-3-13(9-14)11-20-6-7-23-12-15(20)10-16(21)17-5-2-8-24-17/h1-5,8-9,15-16,21H,6-7,10-12H2,(H2,19,22). The largest absolute Gasteiger partial charge is 0.388 e. The first-order chi connectivity index (χ1) is 11.6. The Kier molecular flexibility index (Phi) is 5.63. The fourth-order valence-corrected chi connectivity index (χ4v) is 3.75. The fourth-order valence-electron chi connectivity index (χ4n) is 3.03. The number of carbonyl (C=O) groups is 1. The van der Waals surface area contributed by atoms with E-state index in [1.54, 1.807) is 17.4 Å². The van der Waals surface area contributed by atoms with Crippen LogP contribution in [-0.2, 0) is 11.3 Å². The van der Waals surface area contributed by atoms with Gasteiger partial charge in [0.25, 0.3) is 0 Å². The number of nitrogens with zero attached hydrogens (tertiary/aromatic N) is 1. The highest BCUT2D eigenvalue weighted by Gasteiger charge is 2.26. The highest BCUT2D eigenvalue weighted by atomic mass is 32.1. The van der Waals surface area contributed by atoms with Crippen LogP contribution in [0, 0.1) is 0 Å². The molecule has 128 valence electrons. The summed E-state index contributed by atoms with van der Waals surface area (Å²) in [6, 6.07) is 11.5. The van der Waals surface area contributed by atoms with E-state index in [0.717, 1.165) is 17.0 Å². The molecule has 2 heterocycles. The third-order valence-corrected chi connectivity index (χ3v) is 5.29. The minimum Gasteiger partial charge on any atom is -0.388 e. The van der Waals surface area contributed by atoms with Crippen molar-refractivity contribution in [3.05, 3.63) is 57.8 Å². The third kappa shape index (κ3) is 4.21. The molecule has 0 bridgehead atoms. The molecule has 0 spiro atoms. The van der Waals surface area contributed by atoms with E-state index in [9.17, 15) is 9.90 Å². The average molecular weight is 346 g/mol. The SMILES string of the molecule is NC(=O)c1cccc(CN2CCOCC2CC(O)c2cccs2)c1. The number of hydrogen-bond acceptors (Lipinski definition) is 5. The van der Waals surface area contributed by atoms with E-state index in [0.29, 0.717) is 31.7 Å². The molecule has 3 rings (SSSR count). The number of carbonyl (C=O) groups excluding carboxylic acids is 1. The van der Waals surface area contributed by atoms with E-state index in [2.05, 4.69) is 4.90 Å². The van der Waals surface area contributed by atoms with Gasteiger partial charge in [-0.3, -0.25) is 9.69 Å². The first-order valence-electron chi connectivity index (χ1n) is 8.05. The van der Waals surface area contributed by atoms with Crippen molar-refractivity contribution in [1.29, 1.82) is 0 Å². The molecule has 2 atom stereocenters. The lowest BCUT2D eigenvalue weighted by Crippen LogP contribution is -2.45. The minimum atomic E-state index is -0.476. The summed E-state index contributed by atoms with van der Waals surface area (Å²) in [4.78, 5) is 14.6. The monoisotopic (exact) mass is 346 g/mol. The first-order valence-corrected chi connectivity index (χ1v) is 8.93. The van der Waals surface area contributed by atoms with Crippen LogP contribution in [-0.4, -0.2) is 41.7 Å². The van der Waals surface area contributed by atoms with Crippen LogP contribution in [0.4, 0.5) is 0 Å². The number of rotatable bonds is 6. The normalized spacial score (nSPS) is 20.0. The number of aliphatic hydroxyl groups excluding tert-OH is 1. The van der Waals surface area contributed by atoms with Crippen LogP contribution in [0.1, 0.15) is 33.3 Å². The number of morpholine rings is 1. The van der Waals surface area contributed by atoms with Gasteiger partial charge in [0.15, 0.2) is 0 Å². The van der Waals surface area contributed by atoms with Gasteiger partial charge in [0, 0.05) is 29.6 Å². The molecule has 1 aromatic heterocycles. The number of ether oxygens (including phenoxy) is 1. The van der Waals surface area contributed by atoms with Gasteiger partial charge < -0.3 is 15.6 Å². The quantitative estimate of drug-likeness (QED) is 0.840. The Labute approximate surface area is 145 Å². The molecule has 3 N–H and O–H groups in total. The second-order valence-electron chi connectivity index (χ2n) is 6.03. The van der Waals surface area contributed by atoms with Gasteiger partial charge in [-0.15, -0.1) is 11.3 Å². The van der Waals surface area contributed by atoms with Gasteiger partial charge in [-0.05, 0) is 35.6 Å². The maximum atomic E-state index is 11.3. The predicted molar refractivity (Wildman–Crippen MR) is 93.9 cm³/mol. The number of thiophene rings is 1. The average Bonchev–Trinajstić information content (AvgIpc) is 3.11. The van der Waals surface area contributed by atoms with Crippen LogP contribution >= 0.6 is 11.3 Å². The van der Waals surface area contributed by atoms with Gasteiger partial charge in [-0.25, -0.2) is 0 Å². The topological polar surface area (TPSA) is 75.8 Å². The van der Waals surface area contributed by atoms with Crippen LogP contribution < -0.4 is 5.73 Å². The smallest absolute Gasteiger partial charge is 0.248 e. The van der Waals surface area contributed by atoms with Crippen molar-refractivity contribution < 1.29 is 14.6 Å². The molecule has 5 nitrogen and oxygen atoms in total. The highest BCUT2D eigenvalue weighted by molar-refractivity contribution is 7.10. The molecular weight excluding hydrogens is 324 g/mol. The molecule has 1 aromatic carbocycles. The van der Waals surface area contributed by atoms with Crippen molar-refractivity contribution in [3.8, 4) is 0 Å². The van der Waals surface area contributed by atoms with Crippen molar-refractivity contribution in [3.63, 3.8) is 0 Å². The van der Waals surface area contributed by atoms with Crippen molar-refractivity contribution >= 4 is 17.2 Å². The lowest BCUT2D eigenvalue weighted by atomic mass is 10.0. The summed E-state index contributed by atoms with van der Waals surface area (Å²) in [7, 11) is 0. The summed E-state index contributed by atoms with van der Waals surface area (Å²) in [5, 5.41) is 12.4. The Balaban J connectivity index is 1.68. The molecule has 2 unspecified atom stereocenters. The van der Waals surface area contributed by atoms with Crippen LogP contribution in [0.5, 0.6) is 0 Å². The molecule has 1 aliphatic rings. The molecule has 1 saturated heterocycles. The van der Waals surface area contributed by atoms with Crippen LogP contribution in [0.2, 0.25) is 0 Å². The van der Waals surface area contributed by atoms with E-state index in [-0.39, 0.29) is 6.04 Å². The third-order valence-electron chi connectivity index (χ3n) is 4.31. The second kappa shape index (κ2) is 7.90. The highest BCUT2D eigenvalue weighted by Crippen LogP contribution is 2.26. The molecular formula is C18H22N2O3S. The molecule has 24 heavy (non-hydrogen) atoms. The zero-order valence-electron chi connectivity index (χ0n) is 13.4.